The number of hydrogen-bond donors (Lipinski definition) is 1. The summed E-state index contributed by atoms with van der Waals surface area (Å²) in [6.45, 7) is 4.35. The first kappa shape index (κ1) is 14.5. The predicted octanol–water partition coefficient (Wildman–Crippen LogP) is 2.55. The fourth-order valence-corrected chi connectivity index (χ4v) is 3.80. The molecule has 3 unspecified atom stereocenters. The van der Waals surface area contributed by atoms with Gasteiger partial charge < -0.3 is 9.73 Å². The van der Waals surface area contributed by atoms with Gasteiger partial charge in [-0.25, -0.2) is 4.98 Å². The van der Waals surface area contributed by atoms with Crippen LogP contribution in [0.5, 0.6) is 0 Å². The molecule has 1 N–H and O–H groups in total. The van der Waals surface area contributed by atoms with Crippen LogP contribution in [0.3, 0.4) is 0 Å². The maximum atomic E-state index is 12.4. The fourth-order valence-electron chi connectivity index (χ4n) is 3.80. The van der Waals surface area contributed by atoms with E-state index in [2.05, 4.69) is 22.1 Å². The third kappa shape index (κ3) is 2.77. The Bertz CT molecular complexity index is 697. The molecule has 2 aromatic rings. The number of piperidine rings is 3. The van der Waals surface area contributed by atoms with Gasteiger partial charge in [-0.15, -0.1) is 0 Å². The molecule has 0 radical (unpaired) electrons. The second-order valence-electron chi connectivity index (χ2n) is 6.60. The number of hydrogen-bond acceptors (Lipinski definition) is 4. The van der Waals surface area contributed by atoms with Gasteiger partial charge in [0.25, 0.3) is 5.89 Å². The minimum atomic E-state index is -0.210. The van der Waals surface area contributed by atoms with E-state index >= 15 is 0 Å². The molecule has 23 heavy (non-hydrogen) atoms. The van der Waals surface area contributed by atoms with Crippen LogP contribution < -0.4 is 5.32 Å². The van der Waals surface area contributed by atoms with E-state index in [4.69, 9.17) is 4.42 Å². The first-order valence-electron chi connectivity index (χ1n) is 8.27. The first-order valence-corrected chi connectivity index (χ1v) is 8.27. The molecule has 3 saturated heterocycles. The molecule has 4 atom stereocenters. The van der Waals surface area contributed by atoms with Crippen molar-refractivity contribution < 1.29 is 9.21 Å². The standard InChI is InChI=1S/C18H21N3O2/c1-12-9-14-7-8-21(12)11-15(14)20-17(22)18-19-10-16(23-18)13-5-3-2-4-6-13/h2-6,10,12,14-15H,7-9,11H2,1H3,(H,20,22)/t12?,14?,15-/m0/s1. The Morgan fingerprint density at radius 1 is 1.35 bits per heavy atom. The second kappa shape index (κ2) is 5.81. The molecule has 3 aliphatic heterocycles. The second-order valence-corrected chi connectivity index (χ2v) is 6.60. The van der Waals surface area contributed by atoms with Gasteiger partial charge in [-0.1, -0.05) is 30.3 Å². The zero-order valence-corrected chi connectivity index (χ0v) is 13.2. The number of carbonyl (C=O) groups is 1. The number of nitrogens with one attached hydrogen (secondary N) is 1. The number of oxazole rings is 1. The summed E-state index contributed by atoms with van der Waals surface area (Å²) < 4.78 is 5.64. The van der Waals surface area contributed by atoms with Crippen LogP contribution in [-0.4, -0.2) is 41.0 Å². The number of fused-ring (bicyclic) bond motifs is 3. The van der Waals surface area contributed by atoms with Crippen LogP contribution in [0, 0.1) is 5.92 Å². The average Bonchev–Trinajstić information content (AvgIpc) is 3.07. The zero-order valence-electron chi connectivity index (χ0n) is 13.2. The van der Waals surface area contributed by atoms with E-state index < -0.39 is 0 Å². The molecule has 0 saturated carbocycles. The van der Waals surface area contributed by atoms with Gasteiger partial charge in [-0.2, -0.15) is 0 Å². The van der Waals surface area contributed by atoms with Crippen molar-refractivity contribution in [2.75, 3.05) is 13.1 Å². The van der Waals surface area contributed by atoms with Gasteiger partial charge in [0.2, 0.25) is 0 Å². The lowest BCUT2D eigenvalue weighted by Crippen LogP contribution is -2.60. The Balaban J connectivity index is 1.45. The Kier molecular flexibility index (Phi) is 3.65. The summed E-state index contributed by atoms with van der Waals surface area (Å²) in [5, 5.41) is 3.12. The van der Waals surface area contributed by atoms with Gasteiger partial charge in [0.05, 0.1) is 6.20 Å². The maximum Gasteiger partial charge on any atom is 0.307 e. The van der Waals surface area contributed by atoms with Crippen LogP contribution in [-0.2, 0) is 0 Å². The Labute approximate surface area is 135 Å². The summed E-state index contributed by atoms with van der Waals surface area (Å²) >= 11 is 0. The van der Waals surface area contributed by atoms with Crippen LogP contribution in [0.25, 0.3) is 11.3 Å². The maximum absolute atomic E-state index is 12.4. The number of rotatable bonds is 3. The third-order valence-electron chi connectivity index (χ3n) is 5.13. The smallest absolute Gasteiger partial charge is 0.307 e. The Morgan fingerprint density at radius 2 is 2.17 bits per heavy atom. The molecule has 5 heteroatoms. The molecule has 3 aliphatic rings. The largest absolute Gasteiger partial charge is 0.432 e. The summed E-state index contributed by atoms with van der Waals surface area (Å²) in [6.07, 6.45) is 3.94. The van der Waals surface area contributed by atoms with E-state index in [-0.39, 0.29) is 17.8 Å². The van der Waals surface area contributed by atoms with Crippen molar-refractivity contribution in [2.24, 2.45) is 5.92 Å². The zero-order chi connectivity index (χ0) is 15.8. The van der Waals surface area contributed by atoms with Crippen molar-refractivity contribution >= 4 is 5.91 Å². The molecule has 5 nitrogen and oxygen atoms in total. The van der Waals surface area contributed by atoms with Crippen LogP contribution in [0.15, 0.2) is 40.9 Å². The van der Waals surface area contributed by atoms with Gasteiger partial charge in [-0.3, -0.25) is 9.69 Å². The summed E-state index contributed by atoms with van der Waals surface area (Å²) in [5.74, 6) is 1.13. The van der Waals surface area contributed by atoms with E-state index in [0.29, 0.717) is 17.7 Å². The lowest BCUT2D eigenvalue weighted by atomic mass is 9.80. The molecular formula is C18H21N3O2. The van der Waals surface area contributed by atoms with Crippen molar-refractivity contribution in [1.82, 2.24) is 15.2 Å². The molecule has 2 bridgehead atoms. The highest BCUT2D eigenvalue weighted by atomic mass is 16.4. The molecule has 120 valence electrons. The highest BCUT2D eigenvalue weighted by Crippen LogP contribution is 2.32. The number of aromatic nitrogens is 1. The van der Waals surface area contributed by atoms with E-state index in [9.17, 15) is 4.79 Å². The quantitative estimate of drug-likeness (QED) is 0.946. The molecule has 1 aromatic carbocycles. The van der Waals surface area contributed by atoms with Crippen molar-refractivity contribution in [3.8, 4) is 11.3 Å². The monoisotopic (exact) mass is 311 g/mol. The minimum Gasteiger partial charge on any atom is -0.432 e. The average molecular weight is 311 g/mol. The molecule has 5 rings (SSSR count). The molecule has 0 spiro atoms. The summed E-state index contributed by atoms with van der Waals surface area (Å²) in [7, 11) is 0. The van der Waals surface area contributed by atoms with Crippen LogP contribution in [0.2, 0.25) is 0 Å². The van der Waals surface area contributed by atoms with Gasteiger partial charge in [0.1, 0.15) is 0 Å². The predicted molar refractivity (Wildman–Crippen MR) is 87.0 cm³/mol. The lowest BCUT2D eigenvalue weighted by Gasteiger charge is -2.48. The summed E-state index contributed by atoms with van der Waals surface area (Å²) in [4.78, 5) is 19.0. The molecule has 1 aromatic heterocycles. The molecule has 4 heterocycles. The van der Waals surface area contributed by atoms with Crippen molar-refractivity contribution in [1.29, 1.82) is 0 Å². The highest BCUT2D eigenvalue weighted by molar-refractivity contribution is 5.90. The van der Waals surface area contributed by atoms with Crippen molar-refractivity contribution in [2.45, 2.75) is 31.8 Å². The van der Waals surface area contributed by atoms with E-state index in [1.54, 1.807) is 6.20 Å². The minimum absolute atomic E-state index is 0.147. The molecular weight excluding hydrogens is 290 g/mol. The highest BCUT2D eigenvalue weighted by Gasteiger charge is 2.39. The van der Waals surface area contributed by atoms with Gasteiger partial charge in [0, 0.05) is 24.2 Å². The number of carbonyl (C=O) groups excluding carboxylic acids is 1. The number of benzene rings is 1. The van der Waals surface area contributed by atoms with Gasteiger partial charge in [-0.05, 0) is 32.2 Å². The Hall–Kier alpha value is -2.14. The summed E-state index contributed by atoms with van der Waals surface area (Å²) in [6, 6.07) is 10.5. The van der Waals surface area contributed by atoms with Crippen molar-refractivity contribution in [3.05, 3.63) is 42.4 Å². The SMILES string of the molecule is CC1CC2CCN1C[C@@H]2NC(=O)c1ncc(-c2ccccc2)o1. The lowest BCUT2D eigenvalue weighted by molar-refractivity contribution is 0.0267. The third-order valence-corrected chi connectivity index (χ3v) is 5.13. The van der Waals surface area contributed by atoms with E-state index in [1.165, 1.54) is 0 Å². The van der Waals surface area contributed by atoms with Crippen LogP contribution in [0.1, 0.15) is 30.5 Å². The molecule has 1 amide bonds. The Morgan fingerprint density at radius 3 is 2.87 bits per heavy atom. The van der Waals surface area contributed by atoms with Crippen molar-refractivity contribution in [3.63, 3.8) is 0 Å². The number of amides is 1. The van der Waals surface area contributed by atoms with Crippen LogP contribution in [0.4, 0.5) is 0 Å². The summed E-state index contributed by atoms with van der Waals surface area (Å²) in [5.41, 5.74) is 0.927. The normalized spacial score (nSPS) is 29.4. The fraction of sp³-hybridized carbons (Fsp3) is 0.444. The van der Waals surface area contributed by atoms with Gasteiger partial charge >= 0.3 is 5.91 Å². The van der Waals surface area contributed by atoms with E-state index in [0.717, 1.165) is 31.5 Å². The number of nitrogens with zero attached hydrogens (tertiary/aromatic N) is 2. The van der Waals surface area contributed by atoms with E-state index in [1.807, 2.05) is 30.3 Å². The molecule has 0 aliphatic carbocycles. The topological polar surface area (TPSA) is 58.4 Å². The first-order chi connectivity index (χ1) is 11.2. The molecule has 3 fully saturated rings. The van der Waals surface area contributed by atoms with Crippen LogP contribution >= 0.6 is 0 Å². The van der Waals surface area contributed by atoms with Gasteiger partial charge in [0.15, 0.2) is 5.76 Å².